The molecule has 1 aliphatic carbocycles. The van der Waals surface area contributed by atoms with E-state index >= 15 is 0 Å². The maximum absolute atomic E-state index is 6.10. The van der Waals surface area contributed by atoms with Crippen LogP contribution >= 0.6 is 11.6 Å². The molecular weight excluding hydrogens is 230 g/mol. The molecule has 1 heterocycles. The molecule has 3 rings (SSSR count). The number of nitrogens with zero attached hydrogens (tertiary/aromatic N) is 1. The lowest BCUT2D eigenvalue weighted by atomic mass is 9.77. The van der Waals surface area contributed by atoms with Crippen molar-refractivity contribution in [1.82, 2.24) is 4.90 Å². The highest BCUT2D eigenvalue weighted by Crippen LogP contribution is 2.37. The smallest absolute Gasteiger partial charge is 0.0382 e. The third-order valence-electron chi connectivity index (χ3n) is 4.57. The molecule has 92 valence electrons. The standard InChI is InChI=1S/C15H20ClN/c1-11-6-7-17(15(11)9-16)10-13-8-12-4-2-3-5-14(12)13/h2-5,11,13,15H,6-10H2,1H3. The normalized spacial score (nSPS) is 32.2. The van der Waals surface area contributed by atoms with E-state index in [1.54, 1.807) is 11.1 Å². The molecule has 1 aliphatic heterocycles. The second-order valence-electron chi connectivity index (χ2n) is 5.58. The van der Waals surface area contributed by atoms with Crippen molar-refractivity contribution in [1.29, 1.82) is 0 Å². The molecule has 0 saturated carbocycles. The Morgan fingerprint density at radius 1 is 1.35 bits per heavy atom. The second-order valence-corrected chi connectivity index (χ2v) is 5.89. The number of hydrogen-bond donors (Lipinski definition) is 0. The van der Waals surface area contributed by atoms with E-state index in [9.17, 15) is 0 Å². The summed E-state index contributed by atoms with van der Waals surface area (Å²) in [6.07, 6.45) is 2.57. The fourth-order valence-corrected chi connectivity index (χ4v) is 3.87. The van der Waals surface area contributed by atoms with Crippen molar-refractivity contribution in [2.45, 2.75) is 31.7 Å². The van der Waals surface area contributed by atoms with Crippen LogP contribution in [0.15, 0.2) is 24.3 Å². The van der Waals surface area contributed by atoms with Crippen LogP contribution in [0.3, 0.4) is 0 Å². The molecule has 1 aromatic carbocycles. The summed E-state index contributed by atoms with van der Waals surface area (Å²) in [7, 11) is 0. The van der Waals surface area contributed by atoms with Crippen LogP contribution in [0.5, 0.6) is 0 Å². The number of halogens is 1. The van der Waals surface area contributed by atoms with Gasteiger partial charge in [0.05, 0.1) is 0 Å². The summed E-state index contributed by atoms with van der Waals surface area (Å²) >= 11 is 6.10. The summed E-state index contributed by atoms with van der Waals surface area (Å²) in [5, 5.41) is 0. The van der Waals surface area contributed by atoms with E-state index in [0.717, 1.165) is 17.7 Å². The van der Waals surface area contributed by atoms with Crippen LogP contribution in [0.25, 0.3) is 0 Å². The second kappa shape index (κ2) is 4.62. The molecule has 17 heavy (non-hydrogen) atoms. The number of likely N-dealkylation sites (tertiary alicyclic amines) is 1. The van der Waals surface area contributed by atoms with Crippen molar-refractivity contribution < 1.29 is 0 Å². The predicted molar refractivity (Wildman–Crippen MR) is 72.7 cm³/mol. The van der Waals surface area contributed by atoms with Gasteiger partial charge in [0.1, 0.15) is 0 Å². The van der Waals surface area contributed by atoms with Gasteiger partial charge in [-0.25, -0.2) is 0 Å². The van der Waals surface area contributed by atoms with Crippen LogP contribution in [0.2, 0.25) is 0 Å². The molecule has 0 aromatic heterocycles. The number of benzene rings is 1. The van der Waals surface area contributed by atoms with E-state index in [1.807, 2.05) is 0 Å². The third kappa shape index (κ3) is 2.00. The average molecular weight is 250 g/mol. The van der Waals surface area contributed by atoms with Crippen molar-refractivity contribution >= 4 is 11.6 Å². The summed E-state index contributed by atoms with van der Waals surface area (Å²) in [5.74, 6) is 2.31. The van der Waals surface area contributed by atoms with Gasteiger partial charge in [-0.2, -0.15) is 0 Å². The molecule has 2 aliphatic rings. The van der Waals surface area contributed by atoms with E-state index in [4.69, 9.17) is 11.6 Å². The molecule has 1 nitrogen and oxygen atoms in total. The summed E-state index contributed by atoms with van der Waals surface area (Å²) in [6, 6.07) is 9.46. The van der Waals surface area contributed by atoms with E-state index in [2.05, 4.69) is 36.1 Å². The number of fused-ring (bicyclic) bond motifs is 1. The van der Waals surface area contributed by atoms with Gasteiger partial charge in [0.15, 0.2) is 0 Å². The monoisotopic (exact) mass is 249 g/mol. The minimum absolute atomic E-state index is 0.601. The van der Waals surface area contributed by atoms with Gasteiger partial charge in [0.2, 0.25) is 0 Å². The van der Waals surface area contributed by atoms with E-state index in [1.165, 1.54) is 25.9 Å². The van der Waals surface area contributed by atoms with Crippen molar-refractivity contribution in [2.24, 2.45) is 5.92 Å². The Morgan fingerprint density at radius 2 is 2.18 bits per heavy atom. The Balaban J connectivity index is 1.66. The lowest BCUT2D eigenvalue weighted by Crippen LogP contribution is -2.39. The van der Waals surface area contributed by atoms with Gasteiger partial charge < -0.3 is 0 Å². The molecule has 3 unspecified atom stereocenters. The van der Waals surface area contributed by atoms with Gasteiger partial charge in [0.25, 0.3) is 0 Å². The minimum atomic E-state index is 0.601. The van der Waals surface area contributed by atoms with Crippen molar-refractivity contribution in [3.05, 3.63) is 35.4 Å². The number of hydrogen-bond acceptors (Lipinski definition) is 1. The van der Waals surface area contributed by atoms with E-state index < -0.39 is 0 Å². The molecule has 0 amide bonds. The highest BCUT2D eigenvalue weighted by molar-refractivity contribution is 6.18. The topological polar surface area (TPSA) is 3.24 Å². The molecule has 0 N–H and O–H groups in total. The lowest BCUT2D eigenvalue weighted by molar-refractivity contribution is 0.227. The molecule has 2 heteroatoms. The zero-order valence-electron chi connectivity index (χ0n) is 10.4. The predicted octanol–water partition coefficient (Wildman–Crippen LogP) is 3.28. The number of rotatable bonds is 3. The zero-order valence-corrected chi connectivity index (χ0v) is 11.2. The molecular formula is C15H20ClN. The van der Waals surface area contributed by atoms with Crippen molar-refractivity contribution in [3.8, 4) is 0 Å². The highest BCUT2D eigenvalue weighted by atomic mass is 35.5. The van der Waals surface area contributed by atoms with Crippen molar-refractivity contribution in [2.75, 3.05) is 19.0 Å². The summed E-state index contributed by atoms with van der Waals surface area (Å²) in [6.45, 7) is 4.78. The van der Waals surface area contributed by atoms with Gasteiger partial charge >= 0.3 is 0 Å². The Bertz CT molecular complexity index is 404. The fraction of sp³-hybridized carbons (Fsp3) is 0.600. The van der Waals surface area contributed by atoms with Crippen molar-refractivity contribution in [3.63, 3.8) is 0 Å². The molecule has 1 saturated heterocycles. The Morgan fingerprint density at radius 3 is 2.94 bits per heavy atom. The quantitative estimate of drug-likeness (QED) is 0.744. The molecule has 0 bridgehead atoms. The van der Waals surface area contributed by atoms with Crippen LogP contribution in [0.1, 0.15) is 30.4 Å². The van der Waals surface area contributed by atoms with Crippen LogP contribution in [-0.4, -0.2) is 29.9 Å². The SMILES string of the molecule is CC1CCN(CC2Cc3ccccc32)C1CCl. The molecule has 1 fully saturated rings. The van der Waals surface area contributed by atoms with Gasteiger partial charge in [-0.15, -0.1) is 11.6 Å². The van der Waals surface area contributed by atoms with Crippen LogP contribution in [0, 0.1) is 5.92 Å². The fourth-order valence-electron chi connectivity index (χ4n) is 3.37. The maximum atomic E-state index is 6.10. The molecule has 1 aromatic rings. The van der Waals surface area contributed by atoms with Gasteiger partial charge in [-0.1, -0.05) is 31.2 Å². The lowest BCUT2D eigenvalue weighted by Gasteiger charge is -2.35. The van der Waals surface area contributed by atoms with Gasteiger partial charge in [0, 0.05) is 24.4 Å². The first kappa shape index (κ1) is 11.6. The Labute approximate surface area is 109 Å². The highest BCUT2D eigenvalue weighted by Gasteiger charge is 2.34. The molecule has 3 atom stereocenters. The first-order chi connectivity index (χ1) is 8.29. The Hall–Kier alpha value is -0.530. The first-order valence-electron chi connectivity index (χ1n) is 6.67. The number of alkyl halides is 1. The summed E-state index contributed by atoms with van der Waals surface area (Å²) in [5.41, 5.74) is 3.12. The first-order valence-corrected chi connectivity index (χ1v) is 7.21. The average Bonchev–Trinajstić information content (AvgIpc) is 2.67. The third-order valence-corrected chi connectivity index (χ3v) is 4.89. The van der Waals surface area contributed by atoms with E-state index in [0.29, 0.717) is 6.04 Å². The van der Waals surface area contributed by atoms with Crippen LogP contribution < -0.4 is 0 Å². The minimum Gasteiger partial charge on any atom is -0.298 e. The summed E-state index contributed by atoms with van der Waals surface area (Å²) < 4.78 is 0. The van der Waals surface area contributed by atoms with Gasteiger partial charge in [-0.3, -0.25) is 4.90 Å². The van der Waals surface area contributed by atoms with E-state index in [-0.39, 0.29) is 0 Å². The van der Waals surface area contributed by atoms with Crippen LogP contribution in [0.4, 0.5) is 0 Å². The van der Waals surface area contributed by atoms with Gasteiger partial charge in [-0.05, 0) is 36.4 Å². The summed E-state index contributed by atoms with van der Waals surface area (Å²) in [4.78, 5) is 2.61. The largest absolute Gasteiger partial charge is 0.298 e. The molecule has 0 spiro atoms. The molecule has 0 radical (unpaired) electrons. The van der Waals surface area contributed by atoms with Crippen LogP contribution in [-0.2, 0) is 6.42 Å². The zero-order chi connectivity index (χ0) is 11.8. The Kier molecular flexibility index (Phi) is 3.14. The maximum Gasteiger partial charge on any atom is 0.0382 e.